The zero-order valence-corrected chi connectivity index (χ0v) is 19.2. The smallest absolute Gasteiger partial charge is 0.334 e. The van der Waals surface area contributed by atoms with Crippen molar-refractivity contribution in [1.29, 1.82) is 0 Å². The van der Waals surface area contributed by atoms with E-state index in [-0.39, 0.29) is 67.0 Å². The number of amides is 3. The van der Waals surface area contributed by atoms with E-state index >= 15 is 4.39 Å². The summed E-state index contributed by atoms with van der Waals surface area (Å²) in [7, 11) is 1.47. The third kappa shape index (κ3) is 5.17. The lowest BCUT2D eigenvalue weighted by molar-refractivity contribution is -0.141. The Bertz CT molecular complexity index is 1050. The van der Waals surface area contributed by atoms with Crippen molar-refractivity contribution in [2.75, 3.05) is 43.3 Å². The van der Waals surface area contributed by atoms with Crippen LogP contribution in [-0.2, 0) is 28.7 Å². The van der Waals surface area contributed by atoms with Crippen LogP contribution in [0.1, 0.15) is 32.6 Å². The van der Waals surface area contributed by atoms with Crippen LogP contribution in [0.3, 0.4) is 0 Å². The molecule has 3 amide bonds. The summed E-state index contributed by atoms with van der Waals surface area (Å²) in [5.74, 6) is -3.35. The molecule has 0 atom stereocenters. The van der Waals surface area contributed by atoms with Gasteiger partial charge in [0.2, 0.25) is 5.91 Å². The molecule has 0 saturated carbocycles. The minimum atomic E-state index is -0.879. The molecule has 10 heteroatoms. The number of carbonyl (C=O) groups excluding carboxylic acids is 4. The molecule has 0 fully saturated rings. The number of rotatable bonds is 8. The van der Waals surface area contributed by atoms with Crippen LogP contribution in [0.25, 0.3) is 0 Å². The zero-order chi connectivity index (χ0) is 24.8. The van der Waals surface area contributed by atoms with Crippen LogP contribution in [0.15, 0.2) is 35.9 Å². The molecule has 0 radical (unpaired) electrons. The lowest BCUT2D eigenvalue weighted by Gasteiger charge is -2.31. The first kappa shape index (κ1) is 25.1. The number of hydrogen-bond donors (Lipinski definition) is 0. The maximum Gasteiger partial charge on any atom is 0.334 e. The first-order valence-corrected chi connectivity index (χ1v) is 10.9. The number of benzene rings is 1. The minimum Gasteiger partial charge on any atom is -0.481 e. The van der Waals surface area contributed by atoms with E-state index in [0.717, 1.165) is 13.0 Å². The minimum absolute atomic E-state index is 0.0172. The van der Waals surface area contributed by atoms with Crippen LogP contribution in [-0.4, -0.2) is 57.2 Å². The number of carbonyl (C=O) groups is 4. The largest absolute Gasteiger partial charge is 0.481 e. The molecule has 0 unspecified atom stereocenters. The number of anilines is 2. The standard InChI is InChI=1S/C24H27FN2O7/c1-4-9-26-20-13-19(18(25)12-21(20)34-14-22(26)29)27(15(2)28)23(30)16-7-5-6-8-17(16)24(31)33-11-10-32-3/h4,12-13H,1,5-11,14H2,2-3H3. The van der Waals surface area contributed by atoms with Crippen molar-refractivity contribution in [3.05, 3.63) is 41.8 Å². The summed E-state index contributed by atoms with van der Waals surface area (Å²) in [6, 6.07) is 2.26. The number of nitrogens with zero attached hydrogens (tertiary/aromatic N) is 2. The Kier molecular flexibility index (Phi) is 8.17. The number of esters is 1. The van der Waals surface area contributed by atoms with E-state index in [2.05, 4.69) is 6.58 Å². The van der Waals surface area contributed by atoms with E-state index in [1.54, 1.807) is 0 Å². The number of methoxy groups -OCH3 is 1. The lowest BCUT2D eigenvalue weighted by Crippen LogP contribution is -2.41. The van der Waals surface area contributed by atoms with Crippen LogP contribution in [0, 0.1) is 5.82 Å². The summed E-state index contributed by atoms with van der Waals surface area (Å²) < 4.78 is 30.5. The van der Waals surface area contributed by atoms with Crippen molar-refractivity contribution in [2.24, 2.45) is 0 Å². The topological polar surface area (TPSA) is 102 Å². The highest BCUT2D eigenvalue weighted by atomic mass is 19.1. The van der Waals surface area contributed by atoms with Gasteiger partial charge in [-0.05, 0) is 31.7 Å². The molecule has 1 aliphatic heterocycles. The third-order valence-electron chi connectivity index (χ3n) is 5.53. The molecule has 2 aliphatic rings. The highest BCUT2D eigenvalue weighted by Gasteiger charge is 2.34. The fourth-order valence-electron chi connectivity index (χ4n) is 3.94. The van der Waals surface area contributed by atoms with Gasteiger partial charge in [0.15, 0.2) is 12.4 Å². The first-order chi connectivity index (χ1) is 16.3. The van der Waals surface area contributed by atoms with Crippen LogP contribution >= 0.6 is 0 Å². The Balaban J connectivity index is 2.04. The predicted molar refractivity (Wildman–Crippen MR) is 121 cm³/mol. The van der Waals surface area contributed by atoms with E-state index < -0.39 is 23.6 Å². The van der Waals surface area contributed by atoms with Crippen molar-refractivity contribution < 1.29 is 37.8 Å². The van der Waals surface area contributed by atoms with Gasteiger partial charge >= 0.3 is 5.97 Å². The third-order valence-corrected chi connectivity index (χ3v) is 5.53. The fraction of sp³-hybridized carbons (Fsp3) is 0.417. The summed E-state index contributed by atoms with van der Waals surface area (Å²) in [5, 5.41) is 0. The quantitative estimate of drug-likeness (QED) is 0.324. The van der Waals surface area contributed by atoms with Gasteiger partial charge in [0, 0.05) is 37.8 Å². The molecule has 0 N–H and O–H groups in total. The van der Waals surface area contributed by atoms with Gasteiger partial charge in [0.25, 0.3) is 11.8 Å². The molecule has 9 nitrogen and oxygen atoms in total. The first-order valence-electron chi connectivity index (χ1n) is 10.9. The normalized spacial score (nSPS) is 15.4. The maximum atomic E-state index is 15.1. The Labute approximate surface area is 196 Å². The molecule has 1 heterocycles. The molecule has 0 saturated heterocycles. The lowest BCUT2D eigenvalue weighted by atomic mass is 9.90. The Morgan fingerprint density at radius 2 is 1.91 bits per heavy atom. The van der Waals surface area contributed by atoms with Crippen LogP contribution in [0.4, 0.5) is 15.8 Å². The van der Waals surface area contributed by atoms with E-state index in [0.29, 0.717) is 24.2 Å². The van der Waals surface area contributed by atoms with Crippen LogP contribution < -0.4 is 14.5 Å². The van der Waals surface area contributed by atoms with Gasteiger partial charge in [0.05, 0.1) is 18.0 Å². The van der Waals surface area contributed by atoms with Gasteiger partial charge in [0.1, 0.15) is 12.4 Å². The predicted octanol–water partition coefficient (Wildman–Crippen LogP) is 2.68. The SMILES string of the molecule is C=CCN1C(=O)COc2cc(F)c(N(C(C)=O)C(=O)C3=C(C(=O)OCCOC)CCCC3)cc21. The molecule has 1 aliphatic carbocycles. The molecule has 0 spiro atoms. The summed E-state index contributed by atoms with van der Waals surface area (Å²) in [6.45, 7) is 4.83. The summed E-state index contributed by atoms with van der Waals surface area (Å²) in [4.78, 5) is 53.0. The van der Waals surface area contributed by atoms with Gasteiger partial charge in [-0.3, -0.25) is 14.4 Å². The van der Waals surface area contributed by atoms with Crippen molar-refractivity contribution in [1.82, 2.24) is 0 Å². The van der Waals surface area contributed by atoms with Gasteiger partial charge in [-0.2, -0.15) is 0 Å². The Morgan fingerprint density at radius 3 is 2.56 bits per heavy atom. The van der Waals surface area contributed by atoms with E-state index in [9.17, 15) is 19.2 Å². The maximum absolute atomic E-state index is 15.1. The Morgan fingerprint density at radius 1 is 1.21 bits per heavy atom. The summed E-state index contributed by atoms with van der Waals surface area (Å²) in [6.07, 6.45) is 3.35. The summed E-state index contributed by atoms with van der Waals surface area (Å²) >= 11 is 0. The fourth-order valence-corrected chi connectivity index (χ4v) is 3.94. The Hall–Kier alpha value is -3.53. The second kappa shape index (κ2) is 11.1. The molecule has 1 aromatic carbocycles. The van der Waals surface area contributed by atoms with Crippen LogP contribution in [0.5, 0.6) is 5.75 Å². The van der Waals surface area contributed by atoms with Crippen molar-refractivity contribution in [2.45, 2.75) is 32.6 Å². The zero-order valence-electron chi connectivity index (χ0n) is 19.2. The average Bonchev–Trinajstić information content (AvgIpc) is 2.81. The van der Waals surface area contributed by atoms with Gasteiger partial charge < -0.3 is 19.1 Å². The molecule has 1 aromatic rings. The molecule has 3 rings (SSSR count). The van der Waals surface area contributed by atoms with Crippen molar-refractivity contribution >= 4 is 35.1 Å². The second-order valence-corrected chi connectivity index (χ2v) is 7.81. The monoisotopic (exact) mass is 474 g/mol. The van der Waals surface area contributed by atoms with E-state index in [1.165, 1.54) is 24.2 Å². The molecule has 34 heavy (non-hydrogen) atoms. The second-order valence-electron chi connectivity index (χ2n) is 7.81. The highest BCUT2D eigenvalue weighted by Crippen LogP contribution is 2.39. The summed E-state index contributed by atoms with van der Waals surface area (Å²) in [5.41, 5.74) is 0.150. The number of hydrogen-bond acceptors (Lipinski definition) is 7. The molecular weight excluding hydrogens is 447 g/mol. The number of halogens is 1. The van der Waals surface area contributed by atoms with Crippen molar-refractivity contribution in [3.8, 4) is 5.75 Å². The number of imide groups is 1. The van der Waals surface area contributed by atoms with Gasteiger partial charge in [-0.15, -0.1) is 6.58 Å². The van der Waals surface area contributed by atoms with E-state index in [4.69, 9.17) is 14.2 Å². The van der Waals surface area contributed by atoms with Crippen LogP contribution in [0.2, 0.25) is 0 Å². The molecule has 0 aromatic heterocycles. The molecular formula is C24H27FN2O7. The molecule has 0 bridgehead atoms. The van der Waals surface area contributed by atoms with Gasteiger partial charge in [-0.25, -0.2) is 14.1 Å². The van der Waals surface area contributed by atoms with Gasteiger partial charge in [-0.1, -0.05) is 6.08 Å². The van der Waals surface area contributed by atoms with Crippen molar-refractivity contribution in [3.63, 3.8) is 0 Å². The average molecular weight is 474 g/mol. The molecule has 182 valence electrons. The number of ether oxygens (including phenoxy) is 3. The number of fused-ring (bicyclic) bond motifs is 1. The van der Waals surface area contributed by atoms with E-state index in [1.807, 2.05) is 0 Å². The highest BCUT2D eigenvalue weighted by molar-refractivity contribution is 6.22.